The molecule has 0 amide bonds. The van der Waals surface area contributed by atoms with Crippen LogP contribution in [0.3, 0.4) is 0 Å². The monoisotopic (exact) mass is 344 g/mol. The third-order valence-electron chi connectivity index (χ3n) is 4.49. The van der Waals surface area contributed by atoms with Crippen LogP contribution in [0.2, 0.25) is 0 Å². The number of rotatable bonds is 6. The number of carboxylic acids is 1. The quantitative estimate of drug-likeness (QED) is 0.725. The number of aliphatic hydroxyl groups is 1. The summed E-state index contributed by atoms with van der Waals surface area (Å²) >= 11 is 0. The number of aromatic amines is 1. The molecule has 7 nitrogen and oxygen atoms in total. The third kappa shape index (κ3) is 4.88. The van der Waals surface area contributed by atoms with Crippen molar-refractivity contribution < 1.29 is 15.0 Å². The van der Waals surface area contributed by atoms with E-state index < -0.39 is 12.1 Å². The average molecular weight is 344 g/mol. The summed E-state index contributed by atoms with van der Waals surface area (Å²) in [5.74, 6) is -0.804. The highest BCUT2D eigenvalue weighted by Gasteiger charge is 2.22. The van der Waals surface area contributed by atoms with Crippen LogP contribution in [-0.2, 0) is 11.3 Å². The van der Waals surface area contributed by atoms with E-state index in [4.69, 9.17) is 5.11 Å². The number of hydrogen-bond donors (Lipinski definition) is 3. The van der Waals surface area contributed by atoms with Gasteiger partial charge in [0.1, 0.15) is 0 Å². The Morgan fingerprint density at radius 1 is 1.20 bits per heavy atom. The van der Waals surface area contributed by atoms with Crippen molar-refractivity contribution in [2.45, 2.75) is 19.1 Å². The molecule has 3 N–H and O–H groups in total. The molecule has 0 bridgehead atoms. The van der Waals surface area contributed by atoms with Crippen molar-refractivity contribution >= 4 is 5.97 Å². The number of carbonyl (C=O) groups is 1. The fourth-order valence-corrected chi connectivity index (χ4v) is 3.25. The van der Waals surface area contributed by atoms with Gasteiger partial charge in [-0.15, -0.1) is 0 Å². The SMILES string of the molecule is O=C(O)CCN1CCN(Cc2cn[nH]c2-c2ccccc2)C[C@H](O)C1. The van der Waals surface area contributed by atoms with Crippen LogP contribution in [0.4, 0.5) is 0 Å². The van der Waals surface area contributed by atoms with Crippen molar-refractivity contribution in [1.82, 2.24) is 20.0 Å². The number of β-amino-alcohol motifs (C(OH)–C–C–N with tert-alkyl or cyclic N) is 1. The van der Waals surface area contributed by atoms with E-state index in [0.29, 0.717) is 26.2 Å². The van der Waals surface area contributed by atoms with Gasteiger partial charge in [0.15, 0.2) is 0 Å². The normalized spacial score (nSPS) is 19.6. The van der Waals surface area contributed by atoms with Crippen molar-refractivity contribution in [1.29, 1.82) is 0 Å². The van der Waals surface area contributed by atoms with Crippen molar-refractivity contribution in [2.75, 3.05) is 32.7 Å². The summed E-state index contributed by atoms with van der Waals surface area (Å²) in [7, 11) is 0. The Hall–Kier alpha value is -2.22. The van der Waals surface area contributed by atoms with E-state index in [2.05, 4.69) is 15.1 Å². The lowest BCUT2D eigenvalue weighted by atomic mass is 10.1. The molecule has 0 saturated carbocycles. The topological polar surface area (TPSA) is 92.7 Å². The lowest BCUT2D eigenvalue weighted by Crippen LogP contribution is -2.34. The fourth-order valence-electron chi connectivity index (χ4n) is 3.25. The van der Waals surface area contributed by atoms with Gasteiger partial charge in [-0.25, -0.2) is 0 Å². The van der Waals surface area contributed by atoms with E-state index in [1.807, 2.05) is 41.4 Å². The van der Waals surface area contributed by atoms with E-state index >= 15 is 0 Å². The molecule has 7 heteroatoms. The minimum Gasteiger partial charge on any atom is -0.481 e. The second kappa shape index (κ2) is 8.24. The maximum absolute atomic E-state index is 10.7. The number of aromatic nitrogens is 2. The Bertz CT molecular complexity index is 689. The van der Waals surface area contributed by atoms with E-state index in [0.717, 1.165) is 29.9 Å². The maximum atomic E-state index is 10.7. The molecule has 3 rings (SSSR count). The molecule has 0 radical (unpaired) electrons. The standard InChI is InChI=1S/C18H24N4O3/c23-16-12-21(7-6-17(24)25)8-9-22(13-16)11-15-10-19-20-18(15)14-4-2-1-3-5-14/h1-5,10,16,23H,6-9,11-13H2,(H,19,20)(H,24,25)/t16-/m1/s1. The molecule has 25 heavy (non-hydrogen) atoms. The minimum atomic E-state index is -0.804. The summed E-state index contributed by atoms with van der Waals surface area (Å²) < 4.78 is 0. The summed E-state index contributed by atoms with van der Waals surface area (Å²) in [6, 6.07) is 10.1. The van der Waals surface area contributed by atoms with E-state index in [1.165, 1.54) is 0 Å². The molecule has 0 aliphatic carbocycles. The van der Waals surface area contributed by atoms with Gasteiger partial charge in [-0.2, -0.15) is 5.10 Å². The molecule has 1 aliphatic rings. The van der Waals surface area contributed by atoms with Crippen molar-refractivity contribution in [3.05, 3.63) is 42.1 Å². The zero-order valence-electron chi connectivity index (χ0n) is 14.1. The van der Waals surface area contributed by atoms with Crippen LogP contribution in [0.15, 0.2) is 36.5 Å². The number of aliphatic carboxylic acids is 1. The zero-order valence-corrected chi connectivity index (χ0v) is 14.1. The summed E-state index contributed by atoms with van der Waals surface area (Å²) in [5, 5.41) is 26.3. The molecular weight excluding hydrogens is 320 g/mol. The van der Waals surface area contributed by atoms with Crippen molar-refractivity contribution in [3.8, 4) is 11.3 Å². The molecule has 0 spiro atoms. The summed E-state index contributed by atoms with van der Waals surface area (Å²) in [6.07, 6.45) is 1.46. The minimum absolute atomic E-state index is 0.104. The second-order valence-corrected chi connectivity index (χ2v) is 6.47. The Morgan fingerprint density at radius 2 is 1.92 bits per heavy atom. The van der Waals surface area contributed by atoms with E-state index in [-0.39, 0.29) is 6.42 Å². The highest BCUT2D eigenvalue weighted by molar-refractivity contribution is 5.66. The molecule has 1 aromatic heterocycles. The van der Waals surface area contributed by atoms with Gasteiger partial charge in [-0.05, 0) is 5.56 Å². The van der Waals surface area contributed by atoms with Gasteiger partial charge in [0.25, 0.3) is 0 Å². The summed E-state index contributed by atoms with van der Waals surface area (Å²) in [6.45, 7) is 3.80. The molecular formula is C18H24N4O3. The van der Waals surface area contributed by atoms with E-state index in [1.54, 1.807) is 0 Å². The van der Waals surface area contributed by atoms with Crippen molar-refractivity contribution in [3.63, 3.8) is 0 Å². The predicted octanol–water partition coefficient (Wildman–Crippen LogP) is 1.03. The molecule has 134 valence electrons. The maximum Gasteiger partial charge on any atom is 0.304 e. The Kier molecular flexibility index (Phi) is 5.80. The largest absolute Gasteiger partial charge is 0.481 e. The van der Waals surface area contributed by atoms with Gasteiger partial charge in [0.05, 0.1) is 24.4 Å². The van der Waals surface area contributed by atoms with Gasteiger partial charge in [-0.3, -0.25) is 19.7 Å². The number of H-pyrrole nitrogens is 1. The highest BCUT2D eigenvalue weighted by Crippen LogP contribution is 2.22. The van der Waals surface area contributed by atoms with E-state index in [9.17, 15) is 9.90 Å². The molecule has 1 aliphatic heterocycles. The van der Waals surface area contributed by atoms with Crippen LogP contribution in [0.5, 0.6) is 0 Å². The Labute approximate surface area is 146 Å². The first-order valence-electron chi connectivity index (χ1n) is 8.54. The van der Waals surface area contributed by atoms with Crippen LogP contribution < -0.4 is 0 Å². The van der Waals surface area contributed by atoms with Gasteiger partial charge in [-0.1, -0.05) is 30.3 Å². The third-order valence-corrected chi connectivity index (χ3v) is 4.49. The molecule has 1 fully saturated rings. The van der Waals surface area contributed by atoms with Crippen LogP contribution in [-0.4, -0.2) is 75.0 Å². The summed E-state index contributed by atoms with van der Waals surface area (Å²) in [5.41, 5.74) is 3.19. The number of nitrogens with zero attached hydrogens (tertiary/aromatic N) is 3. The molecule has 1 saturated heterocycles. The van der Waals surface area contributed by atoms with Crippen LogP contribution in [0.25, 0.3) is 11.3 Å². The lowest BCUT2D eigenvalue weighted by molar-refractivity contribution is -0.137. The fraction of sp³-hybridized carbons (Fsp3) is 0.444. The molecule has 1 aromatic carbocycles. The smallest absolute Gasteiger partial charge is 0.304 e. The highest BCUT2D eigenvalue weighted by atomic mass is 16.4. The van der Waals surface area contributed by atoms with Gasteiger partial charge >= 0.3 is 5.97 Å². The molecule has 2 aromatic rings. The average Bonchev–Trinajstić information content (AvgIpc) is 2.97. The molecule has 0 unspecified atom stereocenters. The number of hydrogen-bond acceptors (Lipinski definition) is 5. The van der Waals surface area contributed by atoms with Crippen LogP contribution in [0.1, 0.15) is 12.0 Å². The zero-order chi connectivity index (χ0) is 17.6. The first-order valence-corrected chi connectivity index (χ1v) is 8.54. The van der Waals surface area contributed by atoms with Crippen molar-refractivity contribution in [2.24, 2.45) is 0 Å². The first kappa shape index (κ1) is 17.6. The van der Waals surface area contributed by atoms with Gasteiger partial charge in [0, 0.05) is 44.8 Å². The number of benzene rings is 1. The number of carboxylic acid groups (broad SMARTS) is 1. The van der Waals surface area contributed by atoms with Crippen LogP contribution in [0, 0.1) is 0 Å². The number of nitrogens with one attached hydrogen (secondary N) is 1. The van der Waals surface area contributed by atoms with Crippen LogP contribution >= 0.6 is 0 Å². The molecule has 1 atom stereocenters. The van der Waals surface area contributed by atoms with Gasteiger partial charge < -0.3 is 10.2 Å². The number of aliphatic hydroxyl groups excluding tert-OH is 1. The lowest BCUT2D eigenvalue weighted by Gasteiger charge is -2.21. The molecule has 2 heterocycles. The Morgan fingerprint density at radius 3 is 2.68 bits per heavy atom. The summed E-state index contributed by atoms with van der Waals surface area (Å²) in [4.78, 5) is 15.0. The predicted molar refractivity (Wildman–Crippen MR) is 94.0 cm³/mol. The second-order valence-electron chi connectivity index (χ2n) is 6.47. The van der Waals surface area contributed by atoms with Gasteiger partial charge in [0.2, 0.25) is 0 Å². The Balaban J connectivity index is 1.64. The first-order chi connectivity index (χ1) is 12.1.